The molecule has 2 aromatic rings. The molecule has 0 aromatic heterocycles. The summed E-state index contributed by atoms with van der Waals surface area (Å²) in [6, 6.07) is 11.1. The van der Waals surface area contributed by atoms with E-state index in [0.717, 1.165) is 33.4 Å². The van der Waals surface area contributed by atoms with E-state index in [1.165, 1.54) is 0 Å². The fraction of sp³-hybridized carbons (Fsp3) is 0. The molecule has 2 aromatic carbocycles. The summed E-state index contributed by atoms with van der Waals surface area (Å²) < 4.78 is 0. The monoisotopic (exact) mass is 250 g/mol. The standard InChI is InChI=1S/C20H10/c1-5-15-9-16(6-2)12-19(11-15)20-13-17(7-3)10-18(8-4)14-20/h1-4,9-14H. The fourth-order valence-corrected chi connectivity index (χ4v) is 1.92. The van der Waals surface area contributed by atoms with Gasteiger partial charge in [0.1, 0.15) is 0 Å². The Bertz CT molecular complexity index is 700. The van der Waals surface area contributed by atoms with E-state index in [1.54, 1.807) is 12.1 Å². The molecular weight excluding hydrogens is 240 g/mol. The molecule has 0 atom stereocenters. The molecule has 2 rings (SSSR count). The Morgan fingerprint density at radius 2 is 0.700 bits per heavy atom. The summed E-state index contributed by atoms with van der Waals surface area (Å²) >= 11 is 0. The minimum Gasteiger partial charge on any atom is -0.115 e. The number of hydrogen-bond donors (Lipinski definition) is 0. The molecule has 0 aliphatic rings. The maximum Gasteiger partial charge on any atom is 0.0261 e. The lowest BCUT2D eigenvalue weighted by Crippen LogP contribution is -1.87. The van der Waals surface area contributed by atoms with E-state index in [1.807, 2.05) is 24.3 Å². The van der Waals surface area contributed by atoms with Crippen LogP contribution in [0.4, 0.5) is 0 Å². The van der Waals surface area contributed by atoms with Crippen LogP contribution in [0.15, 0.2) is 36.4 Å². The highest BCUT2D eigenvalue weighted by molar-refractivity contribution is 5.71. The molecule has 90 valence electrons. The van der Waals surface area contributed by atoms with Crippen molar-refractivity contribution in [2.45, 2.75) is 0 Å². The summed E-state index contributed by atoms with van der Waals surface area (Å²) in [6.07, 6.45) is 21.8. The van der Waals surface area contributed by atoms with Crippen molar-refractivity contribution in [3.63, 3.8) is 0 Å². The van der Waals surface area contributed by atoms with Crippen LogP contribution in [0.3, 0.4) is 0 Å². The van der Waals surface area contributed by atoms with Gasteiger partial charge >= 0.3 is 0 Å². The summed E-state index contributed by atoms with van der Waals surface area (Å²) in [7, 11) is 0. The quantitative estimate of drug-likeness (QED) is 0.681. The van der Waals surface area contributed by atoms with Crippen molar-refractivity contribution in [3.8, 4) is 60.5 Å². The Balaban J connectivity index is 2.70. The molecule has 0 N–H and O–H groups in total. The van der Waals surface area contributed by atoms with Crippen LogP contribution >= 0.6 is 0 Å². The van der Waals surface area contributed by atoms with Crippen LogP contribution in [0.25, 0.3) is 11.1 Å². The van der Waals surface area contributed by atoms with Crippen LogP contribution in [0, 0.1) is 49.4 Å². The van der Waals surface area contributed by atoms with Gasteiger partial charge in [0.2, 0.25) is 0 Å². The Morgan fingerprint density at radius 1 is 0.450 bits per heavy atom. The van der Waals surface area contributed by atoms with Crippen molar-refractivity contribution >= 4 is 0 Å². The number of rotatable bonds is 1. The maximum atomic E-state index is 5.45. The van der Waals surface area contributed by atoms with E-state index < -0.39 is 0 Å². The van der Waals surface area contributed by atoms with Gasteiger partial charge in [0.15, 0.2) is 0 Å². The first-order valence-corrected chi connectivity index (χ1v) is 5.87. The van der Waals surface area contributed by atoms with Gasteiger partial charge in [0, 0.05) is 22.3 Å². The summed E-state index contributed by atoms with van der Waals surface area (Å²) in [6.45, 7) is 0. The zero-order valence-electron chi connectivity index (χ0n) is 10.8. The second-order valence-electron chi connectivity index (χ2n) is 4.18. The van der Waals surface area contributed by atoms with Gasteiger partial charge in [-0.15, -0.1) is 25.7 Å². The second kappa shape index (κ2) is 5.55. The zero-order chi connectivity index (χ0) is 14.5. The lowest BCUT2D eigenvalue weighted by molar-refractivity contribution is 1.53. The third kappa shape index (κ3) is 2.57. The summed E-state index contributed by atoms with van der Waals surface area (Å²) in [5.74, 6) is 10.4. The highest BCUT2D eigenvalue weighted by Crippen LogP contribution is 2.24. The van der Waals surface area contributed by atoms with Crippen LogP contribution in [0.5, 0.6) is 0 Å². The van der Waals surface area contributed by atoms with Gasteiger partial charge in [-0.3, -0.25) is 0 Å². The van der Waals surface area contributed by atoms with Gasteiger partial charge in [-0.05, 0) is 47.5 Å². The van der Waals surface area contributed by atoms with Crippen molar-refractivity contribution in [2.75, 3.05) is 0 Å². The number of hydrogen-bond acceptors (Lipinski definition) is 0. The molecule has 0 saturated heterocycles. The molecule has 0 saturated carbocycles. The SMILES string of the molecule is C#Cc1cc(C#C)cc(-c2cc(C#C)cc(C#C)c2)c1. The Kier molecular flexibility index (Phi) is 3.64. The topological polar surface area (TPSA) is 0 Å². The molecule has 0 radical (unpaired) electrons. The predicted molar refractivity (Wildman–Crippen MR) is 83.6 cm³/mol. The fourth-order valence-electron chi connectivity index (χ4n) is 1.92. The highest BCUT2D eigenvalue weighted by Gasteiger charge is 2.04. The average molecular weight is 250 g/mol. The molecule has 0 fully saturated rings. The predicted octanol–water partition coefficient (Wildman–Crippen LogP) is 3.28. The zero-order valence-corrected chi connectivity index (χ0v) is 10.8. The van der Waals surface area contributed by atoms with Gasteiger partial charge in [0.05, 0.1) is 0 Å². The third-order valence-corrected chi connectivity index (χ3v) is 2.87. The lowest BCUT2D eigenvalue weighted by atomic mass is 9.97. The van der Waals surface area contributed by atoms with Crippen molar-refractivity contribution in [1.29, 1.82) is 0 Å². The van der Waals surface area contributed by atoms with E-state index >= 15 is 0 Å². The Hall–Kier alpha value is -3.32. The van der Waals surface area contributed by atoms with Gasteiger partial charge in [-0.2, -0.15) is 0 Å². The van der Waals surface area contributed by atoms with Gasteiger partial charge in [-0.25, -0.2) is 0 Å². The molecule has 0 heteroatoms. The third-order valence-electron chi connectivity index (χ3n) is 2.87. The van der Waals surface area contributed by atoms with Gasteiger partial charge < -0.3 is 0 Å². The summed E-state index contributed by atoms with van der Waals surface area (Å²) in [5.41, 5.74) is 4.71. The molecule has 0 bridgehead atoms. The maximum absolute atomic E-state index is 5.45. The minimum absolute atomic E-state index is 0.726. The smallest absolute Gasteiger partial charge is 0.0261 e. The minimum atomic E-state index is 0.726. The molecule has 20 heavy (non-hydrogen) atoms. The van der Waals surface area contributed by atoms with Crippen molar-refractivity contribution < 1.29 is 0 Å². The van der Waals surface area contributed by atoms with Crippen LogP contribution in [-0.2, 0) is 0 Å². The molecule has 0 aliphatic carbocycles. The van der Waals surface area contributed by atoms with Crippen molar-refractivity contribution in [2.24, 2.45) is 0 Å². The first kappa shape index (κ1) is 13.1. The number of benzene rings is 2. The van der Waals surface area contributed by atoms with Gasteiger partial charge in [-0.1, -0.05) is 23.7 Å². The second-order valence-corrected chi connectivity index (χ2v) is 4.18. The van der Waals surface area contributed by atoms with Crippen LogP contribution < -0.4 is 0 Å². The van der Waals surface area contributed by atoms with E-state index in [-0.39, 0.29) is 0 Å². The largest absolute Gasteiger partial charge is 0.115 e. The summed E-state index contributed by atoms with van der Waals surface area (Å²) in [5, 5.41) is 0. The molecule has 0 nitrogen and oxygen atoms in total. The lowest BCUT2D eigenvalue weighted by Gasteiger charge is -2.06. The Labute approximate surface area is 119 Å². The van der Waals surface area contributed by atoms with E-state index in [9.17, 15) is 0 Å². The Morgan fingerprint density at radius 3 is 0.900 bits per heavy atom. The normalized spacial score (nSPS) is 8.80. The van der Waals surface area contributed by atoms with Crippen molar-refractivity contribution in [3.05, 3.63) is 58.7 Å². The molecule has 0 aliphatic heterocycles. The molecule has 0 unspecified atom stereocenters. The van der Waals surface area contributed by atoms with E-state index in [4.69, 9.17) is 25.7 Å². The first-order chi connectivity index (χ1) is 9.69. The van der Waals surface area contributed by atoms with Crippen LogP contribution in [0.1, 0.15) is 22.3 Å². The van der Waals surface area contributed by atoms with Crippen molar-refractivity contribution in [1.82, 2.24) is 0 Å². The molecule has 0 amide bonds. The van der Waals surface area contributed by atoms with E-state index in [0.29, 0.717) is 0 Å². The van der Waals surface area contributed by atoms with Crippen LogP contribution in [0.2, 0.25) is 0 Å². The molecular formula is C20H10. The van der Waals surface area contributed by atoms with Crippen LogP contribution in [-0.4, -0.2) is 0 Å². The number of terminal acetylenes is 4. The highest BCUT2D eigenvalue weighted by atomic mass is 14.1. The summed E-state index contributed by atoms with van der Waals surface area (Å²) in [4.78, 5) is 0. The molecule has 0 heterocycles. The average Bonchev–Trinajstić information content (AvgIpc) is 2.53. The van der Waals surface area contributed by atoms with Gasteiger partial charge in [0.25, 0.3) is 0 Å². The molecule has 0 spiro atoms. The first-order valence-electron chi connectivity index (χ1n) is 5.87. The van der Waals surface area contributed by atoms with E-state index in [2.05, 4.69) is 23.7 Å².